The van der Waals surface area contributed by atoms with Crippen LogP contribution >= 0.6 is 39.3 Å². The van der Waals surface area contributed by atoms with Crippen molar-refractivity contribution in [2.24, 2.45) is 0 Å². The zero-order valence-corrected chi connectivity index (χ0v) is 13.5. The maximum Gasteiger partial charge on any atom is 0.172 e. The van der Waals surface area contributed by atoms with Crippen LogP contribution in [0.25, 0.3) is 11.0 Å². The number of fused-ring (bicyclic) bond motifs is 1. The molecule has 0 aliphatic heterocycles. The number of ether oxygens (including phenoxy) is 1. The summed E-state index contributed by atoms with van der Waals surface area (Å²) in [6.07, 6.45) is 1.71. The van der Waals surface area contributed by atoms with Crippen LogP contribution in [0.2, 0.25) is 5.02 Å². The second-order valence-electron chi connectivity index (χ2n) is 3.97. The number of benzene rings is 1. The number of hydrogen-bond donors (Lipinski definition) is 1. The Balaban J connectivity index is 1.94. The lowest BCUT2D eigenvalue weighted by Gasteiger charge is -2.00. The maximum atomic E-state index is 6.15. The van der Waals surface area contributed by atoms with Crippen molar-refractivity contribution in [3.8, 4) is 5.75 Å². The molecule has 0 saturated carbocycles. The molecule has 0 amide bonds. The lowest BCUT2D eigenvalue weighted by molar-refractivity contribution is 0.415. The summed E-state index contributed by atoms with van der Waals surface area (Å²) < 4.78 is 6.04. The molecule has 0 unspecified atom stereocenters. The van der Waals surface area contributed by atoms with Gasteiger partial charge in [0.1, 0.15) is 10.8 Å². The van der Waals surface area contributed by atoms with Gasteiger partial charge >= 0.3 is 0 Å². The molecule has 0 fully saturated rings. The highest BCUT2D eigenvalue weighted by molar-refractivity contribution is 9.10. The van der Waals surface area contributed by atoms with Gasteiger partial charge in [-0.15, -0.1) is 0 Å². The summed E-state index contributed by atoms with van der Waals surface area (Å²) in [7, 11) is 1.64. The number of imidazole rings is 1. The van der Waals surface area contributed by atoms with Gasteiger partial charge in [0.15, 0.2) is 5.16 Å². The van der Waals surface area contributed by atoms with E-state index in [0.717, 1.165) is 26.4 Å². The second kappa shape index (κ2) is 5.63. The normalized spacial score (nSPS) is 10.9. The van der Waals surface area contributed by atoms with Crippen LogP contribution in [0, 0.1) is 0 Å². The molecule has 3 aromatic rings. The number of nitrogens with one attached hydrogen (secondary N) is 1. The second-order valence-corrected chi connectivity index (χ2v) is 6.27. The van der Waals surface area contributed by atoms with Gasteiger partial charge < -0.3 is 9.72 Å². The first kappa shape index (κ1) is 13.7. The summed E-state index contributed by atoms with van der Waals surface area (Å²) >= 11 is 10.9. The van der Waals surface area contributed by atoms with Gasteiger partial charge in [-0.2, -0.15) is 0 Å². The van der Waals surface area contributed by atoms with Gasteiger partial charge in [0.25, 0.3) is 0 Å². The fourth-order valence-electron chi connectivity index (χ4n) is 1.71. The van der Waals surface area contributed by atoms with Gasteiger partial charge in [-0.05, 0) is 45.9 Å². The van der Waals surface area contributed by atoms with E-state index >= 15 is 0 Å². The molecular weight excluding hydrogens is 362 g/mol. The molecule has 1 aromatic carbocycles. The van der Waals surface area contributed by atoms with Crippen molar-refractivity contribution in [1.29, 1.82) is 0 Å². The third-order valence-electron chi connectivity index (χ3n) is 2.63. The van der Waals surface area contributed by atoms with Crippen molar-refractivity contribution in [1.82, 2.24) is 15.0 Å². The van der Waals surface area contributed by atoms with Crippen LogP contribution in [-0.4, -0.2) is 22.1 Å². The average Bonchev–Trinajstić information content (AvgIpc) is 2.83. The summed E-state index contributed by atoms with van der Waals surface area (Å²) in [5.74, 6) is 0.789. The zero-order chi connectivity index (χ0) is 14.1. The average molecular weight is 371 g/mol. The van der Waals surface area contributed by atoms with E-state index < -0.39 is 0 Å². The third-order valence-corrected chi connectivity index (χ3v) is 4.37. The molecule has 0 aliphatic rings. The Morgan fingerprint density at radius 2 is 2.20 bits per heavy atom. The van der Waals surface area contributed by atoms with E-state index in [2.05, 4.69) is 30.9 Å². The Morgan fingerprint density at radius 1 is 1.35 bits per heavy atom. The first-order valence-corrected chi connectivity index (χ1v) is 7.67. The molecule has 3 rings (SSSR count). The van der Waals surface area contributed by atoms with Crippen molar-refractivity contribution in [2.45, 2.75) is 10.2 Å². The van der Waals surface area contributed by atoms with Crippen molar-refractivity contribution in [2.75, 3.05) is 7.11 Å². The molecule has 0 spiro atoms. The van der Waals surface area contributed by atoms with E-state index in [-0.39, 0.29) is 0 Å². The number of aromatic nitrogens is 3. The summed E-state index contributed by atoms with van der Waals surface area (Å²) in [4.78, 5) is 12.0. The monoisotopic (exact) mass is 369 g/mol. The Kier molecular flexibility index (Phi) is 3.87. The van der Waals surface area contributed by atoms with Gasteiger partial charge in [-0.3, -0.25) is 0 Å². The minimum Gasteiger partial charge on any atom is -0.497 e. The highest BCUT2D eigenvalue weighted by Gasteiger charge is 2.09. The lowest BCUT2D eigenvalue weighted by Crippen LogP contribution is -1.83. The number of aromatic amines is 1. The molecule has 0 atom stereocenters. The van der Waals surface area contributed by atoms with Gasteiger partial charge in [0.2, 0.25) is 0 Å². The molecule has 0 aliphatic carbocycles. The van der Waals surface area contributed by atoms with Crippen molar-refractivity contribution in [3.63, 3.8) is 0 Å². The number of pyridine rings is 1. The quantitative estimate of drug-likeness (QED) is 0.735. The van der Waals surface area contributed by atoms with Gasteiger partial charge in [-0.25, -0.2) is 9.97 Å². The number of H-pyrrole nitrogens is 1. The topological polar surface area (TPSA) is 50.8 Å². The molecular formula is C13H9BrClN3OS. The SMILES string of the molecule is COc1ccc2nc(Sc3ncc(Br)cc3Cl)[nH]c2c1. The number of halogens is 2. The Labute approximate surface area is 133 Å². The predicted octanol–water partition coefficient (Wildman–Crippen LogP) is 4.53. The fourth-order valence-corrected chi connectivity index (χ4v) is 3.20. The van der Waals surface area contributed by atoms with Gasteiger partial charge in [0, 0.05) is 16.7 Å². The Hall–Kier alpha value is -1.24. The van der Waals surface area contributed by atoms with E-state index in [9.17, 15) is 0 Å². The predicted molar refractivity (Wildman–Crippen MR) is 83.7 cm³/mol. The molecule has 0 radical (unpaired) electrons. The number of rotatable bonds is 3. The number of nitrogens with zero attached hydrogens (tertiary/aromatic N) is 2. The first-order valence-electron chi connectivity index (χ1n) is 5.68. The van der Waals surface area contributed by atoms with Crippen molar-refractivity contribution < 1.29 is 4.74 Å². The van der Waals surface area contributed by atoms with Crippen LogP contribution < -0.4 is 4.74 Å². The molecule has 1 N–H and O–H groups in total. The lowest BCUT2D eigenvalue weighted by atomic mass is 10.3. The summed E-state index contributed by atoms with van der Waals surface area (Å²) in [6, 6.07) is 7.50. The largest absolute Gasteiger partial charge is 0.497 e. The van der Waals surface area contributed by atoms with E-state index in [0.29, 0.717) is 10.0 Å². The molecule has 2 aromatic heterocycles. The zero-order valence-electron chi connectivity index (χ0n) is 10.4. The Morgan fingerprint density at radius 3 is 2.95 bits per heavy atom. The minimum atomic E-state index is 0.586. The highest BCUT2D eigenvalue weighted by Crippen LogP contribution is 2.32. The first-order chi connectivity index (χ1) is 9.65. The van der Waals surface area contributed by atoms with Crippen LogP contribution in [-0.2, 0) is 0 Å². The summed E-state index contributed by atoms with van der Waals surface area (Å²) in [5, 5.41) is 2.04. The van der Waals surface area contributed by atoms with Crippen molar-refractivity contribution >= 4 is 50.3 Å². The van der Waals surface area contributed by atoms with Crippen LogP contribution in [0.1, 0.15) is 0 Å². The third kappa shape index (κ3) is 2.77. The minimum absolute atomic E-state index is 0.586. The Bertz CT molecular complexity index is 777. The molecule has 0 bridgehead atoms. The molecule has 7 heteroatoms. The van der Waals surface area contributed by atoms with E-state index in [4.69, 9.17) is 16.3 Å². The van der Waals surface area contributed by atoms with Crippen LogP contribution in [0.3, 0.4) is 0 Å². The van der Waals surface area contributed by atoms with Crippen LogP contribution in [0.5, 0.6) is 5.75 Å². The smallest absolute Gasteiger partial charge is 0.172 e. The van der Waals surface area contributed by atoms with E-state index in [1.54, 1.807) is 13.3 Å². The number of methoxy groups -OCH3 is 1. The molecule has 2 heterocycles. The summed E-state index contributed by atoms with van der Waals surface area (Å²) in [6.45, 7) is 0. The standard InChI is InChI=1S/C13H9BrClN3OS/c1-19-8-2-3-10-11(5-8)18-13(17-10)20-12-9(15)4-7(14)6-16-12/h2-6H,1H3,(H,17,18). The van der Waals surface area contributed by atoms with E-state index in [1.807, 2.05) is 24.3 Å². The van der Waals surface area contributed by atoms with E-state index in [1.165, 1.54) is 11.8 Å². The van der Waals surface area contributed by atoms with Crippen LogP contribution in [0.4, 0.5) is 0 Å². The molecule has 0 saturated heterocycles. The van der Waals surface area contributed by atoms with Gasteiger partial charge in [0.05, 0.1) is 23.2 Å². The summed E-state index contributed by atoms with van der Waals surface area (Å²) in [5.41, 5.74) is 1.79. The number of hydrogen-bond acceptors (Lipinski definition) is 4. The van der Waals surface area contributed by atoms with Crippen LogP contribution in [0.15, 0.2) is 45.1 Å². The molecule has 4 nitrogen and oxygen atoms in total. The maximum absolute atomic E-state index is 6.15. The van der Waals surface area contributed by atoms with Gasteiger partial charge in [-0.1, -0.05) is 11.6 Å². The fraction of sp³-hybridized carbons (Fsp3) is 0.0769. The molecule has 20 heavy (non-hydrogen) atoms. The molecule has 102 valence electrons. The van der Waals surface area contributed by atoms with Crippen molar-refractivity contribution in [3.05, 3.63) is 40.0 Å². The highest BCUT2D eigenvalue weighted by atomic mass is 79.9.